The average molecular weight is 301 g/mol. The van der Waals surface area contributed by atoms with Crippen LogP contribution in [0.3, 0.4) is 0 Å². The number of nitrogens with one attached hydrogen (secondary N) is 1. The van der Waals surface area contributed by atoms with Crippen LogP contribution in [0.4, 0.5) is 5.88 Å². The monoisotopic (exact) mass is 301 g/mol. The van der Waals surface area contributed by atoms with Crippen LogP contribution in [0.15, 0.2) is 45.9 Å². The van der Waals surface area contributed by atoms with Gasteiger partial charge >= 0.3 is 0 Å². The van der Waals surface area contributed by atoms with E-state index in [0.717, 1.165) is 17.2 Å². The lowest BCUT2D eigenvalue weighted by Crippen LogP contribution is -2.19. The largest absolute Gasteiger partial charge is 0.497 e. The lowest BCUT2D eigenvalue weighted by molar-refractivity contribution is -0.120. The molecule has 0 saturated heterocycles. The number of methoxy groups -OCH3 is 1. The van der Waals surface area contributed by atoms with Gasteiger partial charge in [0.05, 0.1) is 19.7 Å². The second-order valence-electron chi connectivity index (χ2n) is 4.89. The Hall–Kier alpha value is -2.76. The number of rotatable bonds is 6. The molecule has 0 atom stereocenters. The van der Waals surface area contributed by atoms with E-state index in [-0.39, 0.29) is 12.3 Å². The number of anilines is 1. The molecule has 116 valence electrons. The summed E-state index contributed by atoms with van der Waals surface area (Å²) in [5.74, 6) is 1.87. The summed E-state index contributed by atoms with van der Waals surface area (Å²) in [4.78, 5) is 13.6. The Kier molecular flexibility index (Phi) is 5.19. The van der Waals surface area contributed by atoms with Gasteiger partial charge < -0.3 is 14.1 Å². The van der Waals surface area contributed by atoms with E-state index in [9.17, 15) is 4.79 Å². The maximum atomic E-state index is 11.8. The molecule has 0 aliphatic heterocycles. The average Bonchev–Trinajstić information content (AvgIpc) is 2.97. The highest BCUT2D eigenvalue weighted by Crippen LogP contribution is 2.14. The van der Waals surface area contributed by atoms with Gasteiger partial charge in [0.1, 0.15) is 11.5 Å². The number of amides is 1. The number of nitrogens with zero attached hydrogens (tertiary/aromatic N) is 2. The predicted octanol–water partition coefficient (Wildman–Crippen LogP) is 2.05. The van der Waals surface area contributed by atoms with Crippen molar-refractivity contribution in [1.82, 2.24) is 5.43 Å². The smallest absolute Gasteiger partial charge is 0.244 e. The minimum Gasteiger partial charge on any atom is -0.497 e. The quantitative estimate of drug-likeness (QED) is 0.655. The van der Waals surface area contributed by atoms with Crippen molar-refractivity contribution in [2.75, 3.05) is 26.1 Å². The first-order valence-electron chi connectivity index (χ1n) is 6.80. The van der Waals surface area contributed by atoms with Crippen LogP contribution in [0.25, 0.3) is 0 Å². The molecule has 6 heteroatoms. The van der Waals surface area contributed by atoms with Crippen LogP contribution >= 0.6 is 0 Å². The van der Waals surface area contributed by atoms with Gasteiger partial charge in [-0.05, 0) is 23.8 Å². The van der Waals surface area contributed by atoms with E-state index in [1.54, 1.807) is 13.2 Å². The fourth-order valence-corrected chi connectivity index (χ4v) is 1.79. The van der Waals surface area contributed by atoms with Gasteiger partial charge in [-0.2, -0.15) is 5.10 Å². The molecule has 6 nitrogen and oxygen atoms in total. The second kappa shape index (κ2) is 7.31. The molecule has 0 bridgehead atoms. The number of ether oxygens (including phenoxy) is 1. The molecule has 2 rings (SSSR count). The Balaban J connectivity index is 1.84. The molecular weight excluding hydrogens is 282 g/mol. The Morgan fingerprint density at radius 3 is 2.59 bits per heavy atom. The molecule has 1 aromatic heterocycles. The van der Waals surface area contributed by atoms with Crippen LogP contribution in [-0.2, 0) is 11.2 Å². The van der Waals surface area contributed by atoms with Crippen molar-refractivity contribution < 1.29 is 13.9 Å². The number of hydrazone groups is 1. The highest BCUT2D eigenvalue weighted by molar-refractivity contribution is 5.82. The fraction of sp³-hybridized carbons (Fsp3) is 0.250. The molecule has 1 heterocycles. The van der Waals surface area contributed by atoms with E-state index in [0.29, 0.717) is 5.76 Å². The van der Waals surface area contributed by atoms with E-state index in [1.165, 1.54) is 6.21 Å². The van der Waals surface area contributed by atoms with E-state index >= 15 is 0 Å². The summed E-state index contributed by atoms with van der Waals surface area (Å²) in [5.41, 5.74) is 3.36. The summed E-state index contributed by atoms with van der Waals surface area (Å²) in [5, 5.41) is 3.88. The minimum absolute atomic E-state index is 0.194. The van der Waals surface area contributed by atoms with Crippen molar-refractivity contribution in [3.05, 3.63) is 47.7 Å². The molecule has 0 fully saturated rings. The summed E-state index contributed by atoms with van der Waals surface area (Å²) < 4.78 is 10.6. The van der Waals surface area contributed by atoms with Crippen molar-refractivity contribution in [2.24, 2.45) is 5.10 Å². The molecule has 1 amide bonds. The topological polar surface area (TPSA) is 67.1 Å². The SMILES string of the molecule is COc1ccc(CC(=O)NN=Cc2ccc(N(C)C)o2)cc1. The van der Waals surface area contributed by atoms with Crippen molar-refractivity contribution in [1.29, 1.82) is 0 Å². The van der Waals surface area contributed by atoms with E-state index < -0.39 is 0 Å². The van der Waals surface area contributed by atoms with E-state index in [4.69, 9.17) is 9.15 Å². The standard InChI is InChI=1S/C16H19N3O3/c1-19(2)16-9-8-14(22-16)11-17-18-15(20)10-12-4-6-13(21-3)7-5-12/h4-9,11H,10H2,1-3H3,(H,18,20). The van der Waals surface area contributed by atoms with Crippen molar-refractivity contribution in [3.63, 3.8) is 0 Å². The molecule has 0 radical (unpaired) electrons. The van der Waals surface area contributed by atoms with Gasteiger partial charge in [0.15, 0.2) is 5.88 Å². The van der Waals surface area contributed by atoms with Crippen molar-refractivity contribution >= 4 is 18.0 Å². The molecule has 0 aliphatic carbocycles. The van der Waals surface area contributed by atoms with Crippen LogP contribution in [0.1, 0.15) is 11.3 Å². The fourth-order valence-electron chi connectivity index (χ4n) is 1.79. The molecule has 0 unspecified atom stereocenters. The van der Waals surface area contributed by atoms with Crippen LogP contribution in [0.5, 0.6) is 5.75 Å². The molecular formula is C16H19N3O3. The first kappa shape index (κ1) is 15.6. The van der Waals surface area contributed by atoms with Gasteiger partial charge in [0.2, 0.25) is 5.91 Å². The third-order valence-corrected chi connectivity index (χ3v) is 2.96. The highest BCUT2D eigenvalue weighted by Gasteiger charge is 2.03. The van der Waals surface area contributed by atoms with Gasteiger partial charge in [0, 0.05) is 20.2 Å². The van der Waals surface area contributed by atoms with Crippen LogP contribution < -0.4 is 15.1 Å². The summed E-state index contributed by atoms with van der Waals surface area (Å²) in [6.45, 7) is 0. The van der Waals surface area contributed by atoms with E-state index in [1.807, 2.05) is 49.3 Å². The number of hydrogen-bond acceptors (Lipinski definition) is 5. The number of furan rings is 1. The Labute approximate surface area is 129 Å². The van der Waals surface area contributed by atoms with Gasteiger partial charge in [-0.15, -0.1) is 0 Å². The van der Waals surface area contributed by atoms with Crippen molar-refractivity contribution in [2.45, 2.75) is 6.42 Å². The van der Waals surface area contributed by atoms with Gasteiger partial charge in [-0.1, -0.05) is 12.1 Å². The predicted molar refractivity (Wildman–Crippen MR) is 85.5 cm³/mol. The zero-order chi connectivity index (χ0) is 15.9. The van der Waals surface area contributed by atoms with Gasteiger partial charge in [-0.25, -0.2) is 5.43 Å². The molecule has 0 spiro atoms. The molecule has 22 heavy (non-hydrogen) atoms. The van der Waals surface area contributed by atoms with Crippen molar-refractivity contribution in [3.8, 4) is 5.75 Å². The van der Waals surface area contributed by atoms with Crippen LogP contribution in [-0.4, -0.2) is 33.3 Å². The number of carbonyl (C=O) groups excluding carboxylic acids is 1. The lowest BCUT2D eigenvalue weighted by atomic mass is 10.1. The molecule has 2 aromatic rings. The summed E-state index contributed by atoms with van der Waals surface area (Å²) in [6, 6.07) is 10.9. The number of carbonyl (C=O) groups is 1. The van der Waals surface area contributed by atoms with Crippen LogP contribution in [0, 0.1) is 0 Å². The van der Waals surface area contributed by atoms with Gasteiger partial charge in [-0.3, -0.25) is 4.79 Å². The highest BCUT2D eigenvalue weighted by atomic mass is 16.5. The van der Waals surface area contributed by atoms with Gasteiger partial charge in [0.25, 0.3) is 0 Å². The molecule has 0 saturated carbocycles. The molecule has 1 aromatic carbocycles. The van der Waals surface area contributed by atoms with E-state index in [2.05, 4.69) is 10.5 Å². The normalized spacial score (nSPS) is 10.7. The molecule has 0 aliphatic rings. The zero-order valence-electron chi connectivity index (χ0n) is 12.9. The summed E-state index contributed by atoms with van der Waals surface area (Å²) >= 11 is 0. The van der Waals surface area contributed by atoms with Crippen LogP contribution in [0.2, 0.25) is 0 Å². The first-order chi connectivity index (χ1) is 10.6. The maximum absolute atomic E-state index is 11.8. The second-order valence-corrected chi connectivity index (χ2v) is 4.89. The summed E-state index contributed by atoms with van der Waals surface area (Å²) in [6.07, 6.45) is 1.72. The Morgan fingerprint density at radius 1 is 1.27 bits per heavy atom. The third-order valence-electron chi connectivity index (χ3n) is 2.96. The maximum Gasteiger partial charge on any atom is 0.244 e. The number of hydrogen-bond donors (Lipinski definition) is 1. The molecule has 1 N–H and O–H groups in total. The summed E-state index contributed by atoms with van der Waals surface area (Å²) in [7, 11) is 5.37. The Bertz CT molecular complexity index is 645. The number of benzene rings is 1. The Morgan fingerprint density at radius 2 is 2.00 bits per heavy atom. The lowest BCUT2D eigenvalue weighted by Gasteiger charge is -2.05. The first-order valence-corrected chi connectivity index (χ1v) is 6.80. The zero-order valence-corrected chi connectivity index (χ0v) is 12.9. The minimum atomic E-state index is -0.194. The third kappa shape index (κ3) is 4.37.